The summed E-state index contributed by atoms with van der Waals surface area (Å²) in [5, 5.41) is 0. The van der Waals surface area contributed by atoms with Crippen LogP contribution in [-0.4, -0.2) is 29.6 Å². The fourth-order valence-electron chi connectivity index (χ4n) is 2.23. The largest absolute Gasteiger partial charge is 0.304 e. The van der Waals surface area contributed by atoms with E-state index in [1.54, 1.807) is 4.90 Å². The molecule has 1 aromatic carbocycles. The molecule has 0 bridgehead atoms. The Bertz CT molecular complexity index is 609. The van der Waals surface area contributed by atoms with E-state index in [2.05, 4.69) is 4.99 Å². The van der Waals surface area contributed by atoms with Crippen LogP contribution >= 0.6 is 0 Å². The molecular formula is C16H14N2O. The Hall–Kier alpha value is -2.42. The molecule has 0 radical (unpaired) electrons. The molecule has 1 aliphatic carbocycles. The Balaban J connectivity index is 1.96. The summed E-state index contributed by atoms with van der Waals surface area (Å²) in [4.78, 5) is 18.8. The average molecular weight is 250 g/mol. The molecule has 94 valence electrons. The van der Waals surface area contributed by atoms with Gasteiger partial charge in [0.1, 0.15) is 0 Å². The van der Waals surface area contributed by atoms with E-state index in [1.807, 2.05) is 60.7 Å². The van der Waals surface area contributed by atoms with Crippen LogP contribution in [0.15, 0.2) is 71.4 Å². The number of amides is 1. The van der Waals surface area contributed by atoms with Crippen molar-refractivity contribution < 1.29 is 4.79 Å². The van der Waals surface area contributed by atoms with Crippen molar-refractivity contribution in [2.75, 3.05) is 13.1 Å². The van der Waals surface area contributed by atoms with Crippen molar-refractivity contribution in [3.05, 3.63) is 72.0 Å². The Labute approximate surface area is 112 Å². The number of aliphatic imine (C=N–C) groups is 1. The van der Waals surface area contributed by atoms with Gasteiger partial charge in [-0.25, -0.2) is 0 Å². The van der Waals surface area contributed by atoms with E-state index in [4.69, 9.17) is 0 Å². The fraction of sp³-hybridized carbons (Fsp3) is 0.125. The summed E-state index contributed by atoms with van der Waals surface area (Å²) in [7, 11) is 0. The van der Waals surface area contributed by atoms with Crippen molar-refractivity contribution in [3.63, 3.8) is 0 Å². The van der Waals surface area contributed by atoms with E-state index >= 15 is 0 Å². The van der Waals surface area contributed by atoms with Crippen LogP contribution in [0.2, 0.25) is 0 Å². The first-order valence-electron chi connectivity index (χ1n) is 6.33. The van der Waals surface area contributed by atoms with Crippen molar-refractivity contribution >= 4 is 11.6 Å². The van der Waals surface area contributed by atoms with Gasteiger partial charge in [0.2, 0.25) is 0 Å². The fourth-order valence-corrected chi connectivity index (χ4v) is 2.23. The van der Waals surface area contributed by atoms with Gasteiger partial charge in [-0.05, 0) is 24.3 Å². The molecule has 0 saturated carbocycles. The highest BCUT2D eigenvalue weighted by molar-refractivity contribution is 6.12. The number of allylic oxidation sites excluding steroid dienone is 5. The maximum absolute atomic E-state index is 12.5. The topological polar surface area (TPSA) is 32.7 Å². The average Bonchev–Trinajstić information content (AvgIpc) is 2.72. The van der Waals surface area contributed by atoms with E-state index in [9.17, 15) is 4.79 Å². The molecule has 19 heavy (non-hydrogen) atoms. The lowest BCUT2D eigenvalue weighted by Gasteiger charge is -2.28. The third-order valence-electron chi connectivity index (χ3n) is 3.16. The van der Waals surface area contributed by atoms with E-state index in [0.717, 1.165) is 11.4 Å². The standard InChI is InChI=1S/C16H14N2O/c19-16(13-7-3-1-4-8-13)18-12-11-17-14-9-5-2-6-10-15(14)18/h1-10H,11-12H2. The zero-order chi connectivity index (χ0) is 13.1. The van der Waals surface area contributed by atoms with Gasteiger partial charge in [-0.2, -0.15) is 0 Å². The zero-order valence-corrected chi connectivity index (χ0v) is 10.5. The highest BCUT2D eigenvalue weighted by atomic mass is 16.2. The Morgan fingerprint density at radius 3 is 2.79 bits per heavy atom. The van der Waals surface area contributed by atoms with Gasteiger partial charge in [0.15, 0.2) is 0 Å². The number of hydrogen-bond acceptors (Lipinski definition) is 2. The maximum Gasteiger partial charge on any atom is 0.258 e. The summed E-state index contributed by atoms with van der Waals surface area (Å²) in [6, 6.07) is 9.37. The Morgan fingerprint density at radius 1 is 1.11 bits per heavy atom. The third kappa shape index (κ3) is 2.27. The van der Waals surface area contributed by atoms with Crippen molar-refractivity contribution in [1.29, 1.82) is 0 Å². The molecular weight excluding hydrogens is 236 g/mol. The highest BCUT2D eigenvalue weighted by Gasteiger charge is 2.24. The van der Waals surface area contributed by atoms with E-state index in [-0.39, 0.29) is 5.91 Å². The molecule has 1 aromatic rings. The molecule has 3 heteroatoms. The van der Waals surface area contributed by atoms with Crippen molar-refractivity contribution in [2.24, 2.45) is 4.99 Å². The first kappa shape index (κ1) is 11.7. The van der Waals surface area contributed by atoms with Crippen LogP contribution in [0.25, 0.3) is 0 Å². The molecule has 1 aliphatic heterocycles. The van der Waals surface area contributed by atoms with Gasteiger partial charge < -0.3 is 4.90 Å². The summed E-state index contributed by atoms with van der Waals surface area (Å²) in [5.74, 6) is 0.0305. The summed E-state index contributed by atoms with van der Waals surface area (Å²) in [5.41, 5.74) is 2.47. The molecule has 3 nitrogen and oxygen atoms in total. The van der Waals surface area contributed by atoms with Gasteiger partial charge >= 0.3 is 0 Å². The Kier molecular flexibility index (Phi) is 3.11. The highest BCUT2D eigenvalue weighted by Crippen LogP contribution is 2.18. The summed E-state index contributed by atoms with van der Waals surface area (Å²) in [6.07, 6.45) is 9.71. The summed E-state index contributed by atoms with van der Waals surface area (Å²) in [6.45, 7) is 1.28. The maximum atomic E-state index is 12.5. The van der Waals surface area contributed by atoms with Crippen molar-refractivity contribution in [3.8, 4) is 0 Å². The van der Waals surface area contributed by atoms with Crippen LogP contribution in [0.3, 0.4) is 0 Å². The molecule has 0 N–H and O–H groups in total. The van der Waals surface area contributed by atoms with Crippen LogP contribution in [0.1, 0.15) is 10.4 Å². The second-order valence-electron chi connectivity index (χ2n) is 4.39. The van der Waals surface area contributed by atoms with E-state index in [0.29, 0.717) is 18.7 Å². The SMILES string of the molecule is O=C(c1ccccc1)N1CCN=C2C=CC=CC=C21. The van der Waals surface area contributed by atoms with Gasteiger partial charge in [0.05, 0.1) is 18.0 Å². The third-order valence-corrected chi connectivity index (χ3v) is 3.16. The van der Waals surface area contributed by atoms with Crippen LogP contribution in [-0.2, 0) is 0 Å². The van der Waals surface area contributed by atoms with Crippen LogP contribution in [0, 0.1) is 0 Å². The van der Waals surface area contributed by atoms with Crippen molar-refractivity contribution in [1.82, 2.24) is 4.90 Å². The molecule has 2 aliphatic rings. The van der Waals surface area contributed by atoms with E-state index in [1.165, 1.54) is 0 Å². The monoisotopic (exact) mass is 250 g/mol. The summed E-state index contributed by atoms with van der Waals surface area (Å²) < 4.78 is 0. The molecule has 0 aromatic heterocycles. The minimum Gasteiger partial charge on any atom is -0.304 e. The smallest absolute Gasteiger partial charge is 0.258 e. The van der Waals surface area contributed by atoms with Gasteiger partial charge in [-0.1, -0.05) is 36.4 Å². The lowest BCUT2D eigenvalue weighted by molar-refractivity contribution is 0.0814. The number of nitrogens with zero attached hydrogens (tertiary/aromatic N) is 2. The normalized spacial score (nSPS) is 17.4. The summed E-state index contributed by atoms with van der Waals surface area (Å²) >= 11 is 0. The van der Waals surface area contributed by atoms with Crippen LogP contribution in [0.4, 0.5) is 0 Å². The second-order valence-corrected chi connectivity index (χ2v) is 4.39. The second kappa shape index (κ2) is 5.06. The number of rotatable bonds is 1. The predicted octanol–water partition coefficient (Wildman–Crippen LogP) is 2.59. The molecule has 0 unspecified atom stereocenters. The van der Waals surface area contributed by atoms with Gasteiger partial charge in [-0.3, -0.25) is 9.79 Å². The van der Waals surface area contributed by atoms with Crippen LogP contribution in [0.5, 0.6) is 0 Å². The molecule has 3 rings (SSSR count). The minimum atomic E-state index is 0.0305. The number of fused-ring (bicyclic) bond motifs is 1. The van der Waals surface area contributed by atoms with Gasteiger partial charge in [0.25, 0.3) is 5.91 Å². The molecule has 0 atom stereocenters. The van der Waals surface area contributed by atoms with Crippen molar-refractivity contribution in [2.45, 2.75) is 0 Å². The first-order valence-corrected chi connectivity index (χ1v) is 6.33. The number of benzene rings is 1. The number of hydrogen-bond donors (Lipinski definition) is 0. The molecule has 1 heterocycles. The first-order chi connectivity index (χ1) is 9.36. The van der Waals surface area contributed by atoms with E-state index < -0.39 is 0 Å². The molecule has 0 spiro atoms. The molecule has 0 fully saturated rings. The Morgan fingerprint density at radius 2 is 1.95 bits per heavy atom. The minimum absolute atomic E-state index is 0.0305. The van der Waals surface area contributed by atoms with Crippen LogP contribution < -0.4 is 0 Å². The number of carbonyl (C=O) groups excluding carboxylic acids is 1. The molecule has 1 amide bonds. The lowest BCUT2D eigenvalue weighted by Crippen LogP contribution is -2.38. The predicted molar refractivity (Wildman–Crippen MR) is 76.1 cm³/mol. The van der Waals surface area contributed by atoms with Gasteiger partial charge in [-0.15, -0.1) is 0 Å². The zero-order valence-electron chi connectivity index (χ0n) is 10.5. The quantitative estimate of drug-likeness (QED) is 0.754. The lowest BCUT2D eigenvalue weighted by atomic mass is 10.1. The van der Waals surface area contributed by atoms with Gasteiger partial charge in [0, 0.05) is 12.1 Å². The molecule has 0 saturated heterocycles. The number of carbonyl (C=O) groups is 1.